The summed E-state index contributed by atoms with van der Waals surface area (Å²) in [4.78, 5) is 9.93. The first-order valence-corrected chi connectivity index (χ1v) is 4.48. The van der Waals surface area contributed by atoms with Crippen molar-refractivity contribution in [2.24, 2.45) is 0 Å². The highest BCUT2D eigenvalue weighted by molar-refractivity contribution is 9.10. The highest BCUT2D eigenvalue weighted by Gasteiger charge is 2.03. The van der Waals surface area contributed by atoms with Crippen molar-refractivity contribution in [2.75, 3.05) is 0 Å². The molecule has 0 N–H and O–H groups in total. The van der Waals surface area contributed by atoms with Gasteiger partial charge in [-0.2, -0.15) is 0 Å². The van der Waals surface area contributed by atoms with Crippen molar-refractivity contribution in [3.05, 3.63) is 50.1 Å². The van der Waals surface area contributed by atoms with E-state index < -0.39 is 4.92 Å². The average molecular weight is 242 g/mol. The number of hydrogen-bond donors (Lipinski definition) is 0. The minimum absolute atomic E-state index is 0.131. The smallest absolute Gasteiger partial charge is 0.243 e. The van der Waals surface area contributed by atoms with Gasteiger partial charge in [-0.05, 0) is 11.6 Å². The number of allylic oxidation sites excluding steroid dienone is 1. The van der Waals surface area contributed by atoms with E-state index in [-0.39, 0.29) is 5.70 Å². The number of benzene rings is 1. The summed E-state index contributed by atoms with van der Waals surface area (Å²) in [7, 11) is 0. The standard InChI is InChI=1S/C9H8BrNO2/c1-7(11(12)13)6-8-4-2-3-5-9(8)10/h2-6H,1H3/b7-6-. The molecule has 0 aliphatic rings. The summed E-state index contributed by atoms with van der Waals surface area (Å²) in [6, 6.07) is 7.36. The maximum atomic E-state index is 10.3. The molecule has 0 aromatic heterocycles. The first kappa shape index (κ1) is 9.92. The van der Waals surface area contributed by atoms with E-state index in [1.807, 2.05) is 24.3 Å². The summed E-state index contributed by atoms with van der Waals surface area (Å²) >= 11 is 3.31. The summed E-state index contributed by atoms with van der Waals surface area (Å²) in [5.74, 6) is 0. The van der Waals surface area contributed by atoms with Crippen LogP contribution in [0.3, 0.4) is 0 Å². The molecule has 0 heterocycles. The Kier molecular flexibility index (Phi) is 3.19. The van der Waals surface area contributed by atoms with Crippen molar-refractivity contribution >= 4 is 22.0 Å². The molecule has 1 aromatic carbocycles. The number of nitrogens with zero attached hydrogens (tertiary/aromatic N) is 1. The normalized spacial score (nSPS) is 11.4. The molecule has 68 valence electrons. The van der Waals surface area contributed by atoms with E-state index in [1.54, 1.807) is 0 Å². The topological polar surface area (TPSA) is 43.1 Å². The molecule has 0 aliphatic heterocycles. The molecule has 0 saturated heterocycles. The predicted octanol–water partition coefficient (Wildman–Crippen LogP) is 3.09. The Labute approximate surface area is 84.4 Å². The lowest BCUT2D eigenvalue weighted by Crippen LogP contribution is -1.93. The molecule has 1 aromatic rings. The lowest BCUT2D eigenvalue weighted by atomic mass is 10.2. The second-order valence-corrected chi connectivity index (χ2v) is 3.42. The molecule has 0 atom stereocenters. The Morgan fingerprint density at radius 1 is 1.54 bits per heavy atom. The molecular formula is C9H8BrNO2. The van der Waals surface area contributed by atoms with Crippen LogP contribution in [-0.2, 0) is 0 Å². The Bertz CT molecular complexity index is 360. The lowest BCUT2D eigenvalue weighted by molar-refractivity contribution is -0.422. The summed E-state index contributed by atoms with van der Waals surface area (Å²) in [5.41, 5.74) is 0.948. The summed E-state index contributed by atoms with van der Waals surface area (Å²) < 4.78 is 0.858. The Morgan fingerprint density at radius 2 is 2.15 bits per heavy atom. The molecule has 0 bridgehead atoms. The number of hydrogen-bond acceptors (Lipinski definition) is 2. The van der Waals surface area contributed by atoms with Gasteiger partial charge < -0.3 is 0 Å². The molecule has 0 unspecified atom stereocenters. The molecule has 0 spiro atoms. The first-order chi connectivity index (χ1) is 6.11. The number of nitro groups is 1. The van der Waals surface area contributed by atoms with Gasteiger partial charge in [-0.15, -0.1) is 0 Å². The Hall–Kier alpha value is -1.16. The van der Waals surface area contributed by atoms with E-state index in [1.165, 1.54) is 13.0 Å². The molecule has 4 heteroatoms. The first-order valence-electron chi connectivity index (χ1n) is 3.68. The Balaban J connectivity index is 3.04. The maximum absolute atomic E-state index is 10.3. The van der Waals surface area contributed by atoms with Crippen LogP contribution in [-0.4, -0.2) is 4.92 Å². The van der Waals surface area contributed by atoms with Gasteiger partial charge in [-0.25, -0.2) is 0 Å². The highest BCUT2D eigenvalue weighted by Crippen LogP contribution is 2.18. The van der Waals surface area contributed by atoms with Crippen LogP contribution in [0.4, 0.5) is 0 Å². The zero-order chi connectivity index (χ0) is 9.84. The zero-order valence-electron chi connectivity index (χ0n) is 7.03. The largest absolute Gasteiger partial charge is 0.259 e. The van der Waals surface area contributed by atoms with Crippen molar-refractivity contribution < 1.29 is 4.92 Å². The van der Waals surface area contributed by atoms with Crippen molar-refractivity contribution in [1.82, 2.24) is 0 Å². The van der Waals surface area contributed by atoms with Gasteiger partial charge in [-0.3, -0.25) is 10.1 Å². The lowest BCUT2D eigenvalue weighted by Gasteiger charge is -1.96. The van der Waals surface area contributed by atoms with Crippen molar-refractivity contribution in [1.29, 1.82) is 0 Å². The van der Waals surface area contributed by atoms with Gasteiger partial charge in [0.05, 0.1) is 4.92 Å². The van der Waals surface area contributed by atoms with Gasteiger partial charge in [-0.1, -0.05) is 34.1 Å². The van der Waals surface area contributed by atoms with E-state index in [0.29, 0.717) is 0 Å². The number of halogens is 1. The van der Waals surface area contributed by atoms with E-state index >= 15 is 0 Å². The van der Waals surface area contributed by atoms with Gasteiger partial charge >= 0.3 is 0 Å². The monoisotopic (exact) mass is 241 g/mol. The van der Waals surface area contributed by atoms with Crippen LogP contribution in [0.2, 0.25) is 0 Å². The van der Waals surface area contributed by atoms with Gasteiger partial charge in [0.2, 0.25) is 5.70 Å². The second kappa shape index (κ2) is 4.18. The van der Waals surface area contributed by atoms with E-state index in [0.717, 1.165) is 10.0 Å². The average Bonchev–Trinajstić information content (AvgIpc) is 2.08. The van der Waals surface area contributed by atoms with Gasteiger partial charge in [0, 0.05) is 17.5 Å². The van der Waals surface area contributed by atoms with Crippen molar-refractivity contribution in [3.8, 4) is 0 Å². The zero-order valence-corrected chi connectivity index (χ0v) is 8.61. The fraction of sp³-hybridized carbons (Fsp3) is 0.111. The van der Waals surface area contributed by atoms with Gasteiger partial charge in [0.15, 0.2) is 0 Å². The van der Waals surface area contributed by atoms with Crippen LogP contribution >= 0.6 is 15.9 Å². The van der Waals surface area contributed by atoms with Crippen LogP contribution in [0.25, 0.3) is 6.08 Å². The third-order valence-corrected chi connectivity index (χ3v) is 2.28. The number of rotatable bonds is 2. The molecule has 0 saturated carbocycles. The summed E-state index contributed by atoms with van der Waals surface area (Å²) in [6.07, 6.45) is 1.53. The SMILES string of the molecule is C/C(=C/c1ccccc1Br)[N+](=O)[O-]. The van der Waals surface area contributed by atoms with Crippen LogP contribution in [0.1, 0.15) is 12.5 Å². The van der Waals surface area contributed by atoms with E-state index in [9.17, 15) is 10.1 Å². The molecule has 0 aliphatic carbocycles. The minimum atomic E-state index is -0.403. The van der Waals surface area contributed by atoms with Crippen LogP contribution < -0.4 is 0 Å². The van der Waals surface area contributed by atoms with Gasteiger partial charge in [0.25, 0.3) is 0 Å². The van der Waals surface area contributed by atoms with E-state index in [2.05, 4.69) is 15.9 Å². The second-order valence-electron chi connectivity index (χ2n) is 2.56. The van der Waals surface area contributed by atoms with Crippen LogP contribution in [0.15, 0.2) is 34.4 Å². The fourth-order valence-corrected chi connectivity index (χ4v) is 1.27. The Morgan fingerprint density at radius 3 is 2.69 bits per heavy atom. The van der Waals surface area contributed by atoms with Crippen LogP contribution in [0, 0.1) is 10.1 Å². The van der Waals surface area contributed by atoms with Crippen molar-refractivity contribution in [3.63, 3.8) is 0 Å². The quantitative estimate of drug-likeness (QED) is 0.590. The maximum Gasteiger partial charge on any atom is 0.243 e. The summed E-state index contributed by atoms with van der Waals surface area (Å²) in [5, 5.41) is 10.3. The molecular weight excluding hydrogens is 234 g/mol. The van der Waals surface area contributed by atoms with Crippen molar-refractivity contribution in [2.45, 2.75) is 6.92 Å². The van der Waals surface area contributed by atoms with E-state index in [4.69, 9.17) is 0 Å². The third kappa shape index (κ3) is 2.66. The molecule has 13 heavy (non-hydrogen) atoms. The molecule has 0 radical (unpaired) electrons. The highest BCUT2D eigenvalue weighted by atomic mass is 79.9. The van der Waals surface area contributed by atoms with Gasteiger partial charge in [0.1, 0.15) is 0 Å². The minimum Gasteiger partial charge on any atom is -0.259 e. The molecule has 0 fully saturated rings. The fourth-order valence-electron chi connectivity index (χ4n) is 0.870. The molecule has 3 nitrogen and oxygen atoms in total. The van der Waals surface area contributed by atoms with Crippen LogP contribution in [0.5, 0.6) is 0 Å². The molecule has 0 amide bonds. The third-order valence-electron chi connectivity index (χ3n) is 1.56. The summed E-state index contributed by atoms with van der Waals surface area (Å²) in [6.45, 7) is 1.47. The molecule has 1 rings (SSSR count). The predicted molar refractivity (Wildman–Crippen MR) is 54.8 cm³/mol.